The van der Waals surface area contributed by atoms with Gasteiger partial charge in [0.15, 0.2) is 5.03 Å². The largest absolute Gasteiger partial charge is 0.444 e. The summed E-state index contributed by atoms with van der Waals surface area (Å²) in [6.07, 6.45) is 3.15. The van der Waals surface area contributed by atoms with Gasteiger partial charge in [-0.25, -0.2) is 19.5 Å². The topological polar surface area (TPSA) is 148 Å². The Morgan fingerprint density at radius 2 is 1.85 bits per heavy atom. The molecule has 1 fully saturated rings. The Kier molecular flexibility index (Phi) is 7.85. The van der Waals surface area contributed by atoms with E-state index in [0.29, 0.717) is 43.5 Å². The molecule has 2 aliphatic heterocycles. The number of nitrogens with two attached hydrogens (primary N) is 1. The number of nitrogens with one attached hydrogen (secondary N) is 1. The summed E-state index contributed by atoms with van der Waals surface area (Å²) in [7, 11) is -4.28. The minimum absolute atomic E-state index is 0.0241. The van der Waals surface area contributed by atoms with Crippen molar-refractivity contribution in [3.05, 3.63) is 47.7 Å². The molecule has 2 amide bonds. The first-order chi connectivity index (χ1) is 18.6. The second-order valence-corrected chi connectivity index (χ2v) is 13.4. The number of aromatic nitrogens is 2. The van der Waals surface area contributed by atoms with Crippen LogP contribution in [0.3, 0.4) is 0 Å². The van der Waals surface area contributed by atoms with Crippen molar-refractivity contribution in [3.63, 3.8) is 0 Å². The summed E-state index contributed by atoms with van der Waals surface area (Å²) in [6.45, 7) is 13.3. The highest BCUT2D eigenvalue weighted by Gasteiger charge is 2.41. The molecule has 3 N–H and O–H groups in total. The Hall–Kier alpha value is -3.67. The molecule has 2 aromatic heterocycles. The second-order valence-electron chi connectivity index (χ2n) is 11.8. The molecule has 12 heteroatoms. The molecule has 0 spiro atoms. The monoisotopic (exact) mass is 570 g/mol. The van der Waals surface area contributed by atoms with Crippen LogP contribution in [0.25, 0.3) is 5.57 Å². The normalized spacial score (nSPS) is 19.2. The highest BCUT2D eigenvalue weighted by molar-refractivity contribution is 7.90. The third-order valence-electron chi connectivity index (χ3n) is 7.44. The molecule has 40 heavy (non-hydrogen) atoms. The number of carbonyl (C=O) groups excluding carboxylic acids is 2. The molecule has 2 aromatic rings. The van der Waals surface area contributed by atoms with E-state index in [1.54, 1.807) is 17.0 Å². The van der Waals surface area contributed by atoms with Gasteiger partial charge in [-0.2, -0.15) is 8.42 Å². The lowest BCUT2D eigenvalue weighted by Crippen LogP contribution is -2.44. The van der Waals surface area contributed by atoms with Crippen molar-refractivity contribution in [2.24, 2.45) is 5.92 Å². The molecule has 0 bridgehead atoms. The van der Waals surface area contributed by atoms with Crippen LogP contribution >= 0.6 is 0 Å². The van der Waals surface area contributed by atoms with Gasteiger partial charge in [0.05, 0.1) is 17.8 Å². The van der Waals surface area contributed by atoms with Crippen LogP contribution in [0.2, 0.25) is 0 Å². The van der Waals surface area contributed by atoms with E-state index < -0.39 is 27.6 Å². The number of carbonyl (C=O) groups is 2. The number of sulfonamides is 1. The maximum Gasteiger partial charge on any atom is 0.410 e. The summed E-state index contributed by atoms with van der Waals surface area (Å²) >= 11 is 0. The van der Waals surface area contributed by atoms with Crippen LogP contribution in [0.15, 0.2) is 41.4 Å². The average molecular weight is 571 g/mol. The summed E-state index contributed by atoms with van der Waals surface area (Å²) in [5.74, 6) is -0.0984. The molecule has 4 rings (SSSR count). The van der Waals surface area contributed by atoms with E-state index in [4.69, 9.17) is 15.5 Å². The molecule has 0 radical (unpaired) electrons. The van der Waals surface area contributed by atoms with Crippen molar-refractivity contribution < 1.29 is 22.7 Å². The van der Waals surface area contributed by atoms with Gasteiger partial charge in [-0.3, -0.25) is 4.79 Å². The number of hydrogen-bond acceptors (Lipinski definition) is 9. The quantitative estimate of drug-likeness (QED) is 0.547. The summed E-state index contributed by atoms with van der Waals surface area (Å²) in [5, 5.41) is -0.350. The first-order valence-corrected chi connectivity index (χ1v) is 14.8. The van der Waals surface area contributed by atoms with E-state index in [1.165, 1.54) is 18.2 Å². The Morgan fingerprint density at radius 1 is 1.12 bits per heavy atom. The van der Waals surface area contributed by atoms with Crippen LogP contribution < -0.4 is 15.4 Å². The molecule has 1 atom stereocenters. The summed E-state index contributed by atoms with van der Waals surface area (Å²) in [4.78, 5) is 38.6. The molecule has 1 saturated heterocycles. The Morgan fingerprint density at radius 3 is 2.48 bits per heavy atom. The van der Waals surface area contributed by atoms with Crippen LogP contribution in [0, 0.1) is 5.92 Å². The molecule has 0 aliphatic carbocycles. The maximum atomic E-state index is 13.5. The van der Waals surface area contributed by atoms with Gasteiger partial charge in [0.25, 0.3) is 15.9 Å². The van der Waals surface area contributed by atoms with Crippen molar-refractivity contribution in [3.8, 4) is 0 Å². The highest BCUT2D eigenvalue weighted by atomic mass is 32.2. The lowest BCUT2D eigenvalue weighted by molar-refractivity contribution is 0.0273. The van der Waals surface area contributed by atoms with E-state index in [-0.39, 0.29) is 21.9 Å². The van der Waals surface area contributed by atoms with Crippen molar-refractivity contribution in [2.45, 2.75) is 70.6 Å². The van der Waals surface area contributed by atoms with E-state index in [0.717, 1.165) is 12.0 Å². The SMILES string of the molecule is CC1CCN(c2nc(C3=CCCN(C(=O)OC(C)(C)C)C3)ccc2C(=O)NS(=O)(=O)c2cccc(N)n2)C1(C)C. The van der Waals surface area contributed by atoms with Gasteiger partial charge in [-0.05, 0) is 83.2 Å². The van der Waals surface area contributed by atoms with Gasteiger partial charge >= 0.3 is 6.09 Å². The van der Waals surface area contributed by atoms with Crippen LogP contribution in [0.5, 0.6) is 0 Å². The Balaban J connectivity index is 1.69. The highest BCUT2D eigenvalue weighted by Crippen LogP contribution is 2.39. The van der Waals surface area contributed by atoms with Gasteiger partial charge in [-0.15, -0.1) is 0 Å². The summed E-state index contributed by atoms with van der Waals surface area (Å²) in [6, 6.07) is 7.45. The fourth-order valence-corrected chi connectivity index (χ4v) is 5.78. The van der Waals surface area contributed by atoms with Crippen molar-refractivity contribution in [1.82, 2.24) is 19.6 Å². The smallest absolute Gasteiger partial charge is 0.410 e. The lowest BCUT2D eigenvalue weighted by Gasteiger charge is -2.37. The number of ether oxygens (including phenoxy) is 1. The van der Waals surface area contributed by atoms with Gasteiger partial charge in [0, 0.05) is 18.6 Å². The molecule has 0 aromatic carbocycles. The zero-order valence-corrected chi connectivity index (χ0v) is 24.7. The van der Waals surface area contributed by atoms with Crippen LogP contribution in [0.4, 0.5) is 16.4 Å². The fourth-order valence-electron chi connectivity index (χ4n) is 4.84. The zero-order chi connectivity index (χ0) is 29.5. The van der Waals surface area contributed by atoms with E-state index >= 15 is 0 Å². The van der Waals surface area contributed by atoms with Crippen LogP contribution in [0.1, 0.15) is 70.4 Å². The molecule has 216 valence electrons. The predicted octanol–water partition coefficient (Wildman–Crippen LogP) is 3.83. The van der Waals surface area contributed by atoms with E-state index in [1.807, 2.05) is 26.8 Å². The number of hydrogen-bond donors (Lipinski definition) is 2. The van der Waals surface area contributed by atoms with Crippen molar-refractivity contribution in [1.29, 1.82) is 0 Å². The average Bonchev–Trinajstić information content (AvgIpc) is 3.14. The third kappa shape index (κ3) is 6.22. The first-order valence-electron chi connectivity index (χ1n) is 13.3. The second kappa shape index (κ2) is 10.7. The van der Waals surface area contributed by atoms with Crippen molar-refractivity contribution in [2.75, 3.05) is 30.3 Å². The standard InChI is InChI=1S/C28H38N6O5S/c1-18-14-16-34(28(18,5)6)24-20(25(35)32-40(37,38)23-11-7-10-22(29)31-23)12-13-21(30-24)19-9-8-15-33(17-19)26(36)39-27(2,3)4/h7,9-13,18H,8,14-17H2,1-6H3,(H2,29,31)(H,32,35). The van der Waals surface area contributed by atoms with Crippen molar-refractivity contribution >= 4 is 39.2 Å². The summed E-state index contributed by atoms with van der Waals surface area (Å²) < 4.78 is 33.6. The number of pyridine rings is 2. The Labute approximate surface area is 235 Å². The predicted molar refractivity (Wildman–Crippen MR) is 153 cm³/mol. The minimum atomic E-state index is -4.28. The fraction of sp³-hybridized carbons (Fsp3) is 0.500. The third-order valence-corrected chi connectivity index (χ3v) is 8.67. The molecule has 11 nitrogen and oxygen atoms in total. The lowest BCUT2D eigenvalue weighted by atomic mass is 9.90. The van der Waals surface area contributed by atoms with Crippen LogP contribution in [-0.2, 0) is 14.8 Å². The number of nitrogens with zero attached hydrogens (tertiary/aromatic N) is 4. The van der Waals surface area contributed by atoms with Crippen LogP contribution in [-0.4, -0.2) is 66.1 Å². The Bertz CT molecular complexity index is 1450. The first kappa shape index (κ1) is 29.3. The molecule has 0 saturated carbocycles. The molecule has 4 heterocycles. The minimum Gasteiger partial charge on any atom is -0.444 e. The van der Waals surface area contributed by atoms with Gasteiger partial charge < -0.3 is 20.3 Å². The molecule has 2 aliphatic rings. The van der Waals surface area contributed by atoms with E-state index in [9.17, 15) is 18.0 Å². The van der Waals surface area contributed by atoms with E-state index in [2.05, 4.69) is 35.4 Å². The zero-order valence-electron chi connectivity index (χ0n) is 23.9. The molecular weight excluding hydrogens is 532 g/mol. The summed E-state index contributed by atoms with van der Waals surface area (Å²) in [5.41, 5.74) is 6.26. The van der Waals surface area contributed by atoms with Gasteiger partial charge in [-0.1, -0.05) is 19.1 Å². The molecular formula is C28H38N6O5S. The number of nitrogen functional groups attached to an aromatic ring is 1. The number of rotatable bonds is 5. The maximum absolute atomic E-state index is 13.5. The van der Waals surface area contributed by atoms with Gasteiger partial charge in [0.2, 0.25) is 0 Å². The van der Waals surface area contributed by atoms with Gasteiger partial charge in [0.1, 0.15) is 17.2 Å². The number of amides is 2. The molecule has 1 unspecified atom stereocenters. The number of anilines is 2.